The first kappa shape index (κ1) is 23.9. The first-order valence-corrected chi connectivity index (χ1v) is 12.7. The van der Waals surface area contributed by atoms with Gasteiger partial charge in [0.05, 0.1) is 30.1 Å². The summed E-state index contributed by atoms with van der Waals surface area (Å²) in [5.74, 6) is 0.782. The normalized spacial score (nSPS) is 13.2. The average Bonchev–Trinajstić information content (AvgIpc) is 3.52. The highest BCUT2D eigenvalue weighted by Gasteiger charge is 2.22. The molecular weight excluding hydrogens is 481 g/mol. The van der Waals surface area contributed by atoms with Gasteiger partial charge in [0.15, 0.2) is 5.76 Å². The molecule has 3 heterocycles. The van der Waals surface area contributed by atoms with E-state index in [0.717, 1.165) is 34.8 Å². The van der Waals surface area contributed by atoms with Crippen molar-refractivity contribution in [2.75, 3.05) is 12.8 Å². The van der Waals surface area contributed by atoms with Crippen LogP contribution in [-0.4, -0.2) is 26.9 Å². The summed E-state index contributed by atoms with van der Waals surface area (Å²) in [7, 11) is -3.04. The lowest BCUT2D eigenvalue weighted by Crippen LogP contribution is -2.38. The van der Waals surface area contributed by atoms with Gasteiger partial charge >= 0.3 is 7.82 Å². The van der Waals surface area contributed by atoms with Gasteiger partial charge in [-0.05, 0) is 29.3 Å². The molecule has 0 radical (unpaired) electrons. The summed E-state index contributed by atoms with van der Waals surface area (Å²) in [4.78, 5) is 9.45. The maximum Gasteiger partial charge on any atom is 0.475 e. The number of benzene rings is 2. The molecule has 0 aliphatic heterocycles. The van der Waals surface area contributed by atoms with Crippen molar-refractivity contribution in [2.24, 2.45) is 0 Å². The Hall–Kier alpha value is -3.82. The average molecular weight is 506 g/mol. The number of nitrogen functional groups attached to an aromatic ring is 1. The molecule has 1 unspecified atom stereocenters. The van der Waals surface area contributed by atoms with Crippen molar-refractivity contribution in [3.63, 3.8) is 0 Å². The zero-order chi connectivity index (χ0) is 25.1. The summed E-state index contributed by atoms with van der Waals surface area (Å²) in [6.07, 6.45) is 4.09. The van der Waals surface area contributed by atoms with Crippen LogP contribution >= 0.6 is 7.82 Å². The molecule has 10 nitrogen and oxygen atoms in total. The van der Waals surface area contributed by atoms with Crippen LogP contribution in [0.4, 0.5) is 5.82 Å². The van der Waals surface area contributed by atoms with E-state index in [0.29, 0.717) is 30.1 Å². The van der Waals surface area contributed by atoms with Gasteiger partial charge in [-0.15, -0.1) is 0 Å². The smallest absolute Gasteiger partial charge is 0.356 e. The predicted molar refractivity (Wildman–Crippen MR) is 133 cm³/mol. The summed E-state index contributed by atoms with van der Waals surface area (Å²) < 4.78 is 29.9. The van der Waals surface area contributed by atoms with Crippen LogP contribution in [0.25, 0.3) is 22.2 Å². The van der Waals surface area contributed by atoms with Crippen LogP contribution in [0, 0.1) is 0 Å². The number of hydrogen-bond donors (Lipinski definition) is 2. The van der Waals surface area contributed by atoms with E-state index >= 15 is 0 Å². The largest absolute Gasteiger partial charge is 0.475 e. The van der Waals surface area contributed by atoms with Gasteiger partial charge in [0, 0.05) is 25.0 Å². The Balaban J connectivity index is 1.27. The molecule has 5 rings (SSSR count). The van der Waals surface area contributed by atoms with Crippen LogP contribution in [0.3, 0.4) is 0 Å². The molecule has 5 aromatic rings. The zero-order valence-electron chi connectivity index (χ0n) is 19.5. The number of aromatic nitrogens is 4. The second-order valence-electron chi connectivity index (χ2n) is 8.22. The predicted octanol–water partition coefficient (Wildman–Crippen LogP) is 3.92. The number of pyridine rings is 1. The SMILES string of the molecule is COP(=O)(O)OC[n+]1cccc(-c2cc(Cc3ccc(Cn4ncc5ccccc54)cc3)no2)c1N. The molecule has 0 fully saturated rings. The lowest BCUT2D eigenvalue weighted by Gasteiger charge is -2.09. The van der Waals surface area contributed by atoms with Crippen LogP contribution < -0.4 is 10.3 Å². The van der Waals surface area contributed by atoms with Crippen LogP contribution in [0.1, 0.15) is 16.8 Å². The molecular formula is C25H25N5O5P+. The lowest BCUT2D eigenvalue weighted by molar-refractivity contribution is -0.711. The number of para-hydroxylation sites is 1. The van der Waals surface area contributed by atoms with Crippen molar-refractivity contribution in [3.8, 4) is 11.3 Å². The first-order chi connectivity index (χ1) is 17.4. The molecule has 184 valence electrons. The summed E-state index contributed by atoms with van der Waals surface area (Å²) in [5, 5.41) is 9.80. The Morgan fingerprint density at radius 2 is 1.89 bits per heavy atom. The van der Waals surface area contributed by atoms with Crippen molar-refractivity contribution in [1.82, 2.24) is 14.9 Å². The van der Waals surface area contributed by atoms with Gasteiger partial charge in [-0.1, -0.05) is 47.6 Å². The molecule has 0 spiro atoms. The molecule has 36 heavy (non-hydrogen) atoms. The highest BCUT2D eigenvalue weighted by molar-refractivity contribution is 7.47. The van der Waals surface area contributed by atoms with E-state index in [4.69, 9.17) is 14.8 Å². The fraction of sp³-hybridized carbons (Fsp3) is 0.160. The van der Waals surface area contributed by atoms with Crippen LogP contribution in [0.5, 0.6) is 0 Å². The van der Waals surface area contributed by atoms with Crippen molar-refractivity contribution in [1.29, 1.82) is 0 Å². The zero-order valence-corrected chi connectivity index (χ0v) is 20.4. The van der Waals surface area contributed by atoms with Gasteiger partial charge in [-0.25, -0.2) is 13.7 Å². The molecule has 11 heteroatoms. The Morgan fingerprint density at radius 1 is 1.11 bits per heavy atom. The van der Waals surface area contributed by atoms with Crippen molar-refractivity contribution in [3.05, 3.63) is 95.9 Å². The number of fused-ring (bicyclic) bond motifs is 1. The number of nitrogens with two attached hydrogens (primary N) is 1. The monoisotopic (exact) mass is 506 g/mol. The molecule has 0 amide bonds. The fourth-order valence-corrected chi connectivity index (χ4v) is 4.27. The molecule has 3 aromatic heterocycles. The van der Waals surface area contributed by atoms with E-state index in [9.17, 15) is 9.46 Å². The van der Waals surface area contributed by atoms with Gasteiger partial charge in [0.2, 0.25) is 6.73 Å². The van der Waals surface area contributed by atoms with Gasteiger partial charge in [0.1, 0.15) is 5.56 Å². The van der Waals surface area contributed by atoms with Gasteiger partial charge in [0.25, 0.3) is 5.82 Å². The van der Waals surface area contributed by atoms with Crippen molar-refractivity contribution in [2.45, 2.75) is 19.7 Å². The molecule has 3 N–H and O–H groups in total. The molecule has 1 atom stereocenters. The first-order valence-electron chi connectivity index (χ1n) is 11.2. The number of phosphoric ester groups is 1. The van der Waals surface area contributed by atoms with Crippen LogP contribution in [-0.2, 0) is 33.3 Å². The minimum Gasteiger partial charge on any atom is -0.356 e. The van der Waals surface area contributed by atoms with Gasteiger partial charge < -0.3 is 9.42 Å². The third-order valence-corrected chi connectivity index (χ3v) is 6.72. The standard InChI is InChI=1S/C25H24N5O5P/c1-33-36(31,32)34-17-29-12-4-6-22(25(29)26)24-14-21(28-35-24)13-18-8-10-19(11-9-18)16-30-23-7-3-2-5-20(23)15-27-30/h2-12,14-15,26H,13,16-17H2,1H3,(H,31,32)/p+1. The van der Waals surface area contributed by atoms with E-state index in [1.807, 2.05) is 29.1 Å². The quantitative estimate of drug-likeness (QED) is 0.227. The number of nitrogens with zero attached hydrogens (tertiary/aromatic N) is 4. The second kappa shape index (κ2) is 10.0. The van der Waals surface area contributed by atoms with Gasteiger partial charge in [-0.2, -0.15) is 5.10 Å². The van der Waals surface area contributed by atoms with E-state index in [1.54, 1.807) is 18.3 Å². The van der Waals surface area contributed by atoms with Crippen molar-refractivity contribution >= 4 is 24.5 Å². The number of phosphoric acid groups is 1. The number of hydrogen-bond acceptors (Lipinski definition) is 7. The van der Waals surface area contributed by atoms with E-state index < -0.39 is 7.82 Å². The molecule has 0 aliphatic carbocycles. The highest BCUT2D eigenvalue weighted by Crippen LogP contribution is 2.41. The van der Waals surface area contributed by atoms with E-state index in [2.05, 4.69) is 51.2 Å². The minimum absolute atomic E-state index is 0.261. The Labute approximate surface area is 207 Å². The number of anilines is 1. The fourth-order valence-electron chi connectivity index (χ4n) is 3.89. The second-order valence-corrected chi connectivity index (χ2v) is 9.78. The number of rotatable bonds is 9. The minimum atomic E-state index is -4.13. The van der Waals surface area contributed by atoms with Crippen LogP contribution in [0.2, 0.25) is 0 Å². The third kappa shape index (κ3) is 5.22. The summed E-state index contributed by atoms with van der Waals surface area (Å²) in [6, 6.07) is 21.8. The van der Waals surface area contributed by atoms with Crippen molar-refractivity contribution < 1.29 is 27.6 Å². The third-order valence-electron chi connectivity index (χ3n) is 5.82. The van der Waals surface area contributed by atoms with Crippen LogP contribution in [0.15, 0.2) is 83.6 Å². The molecule has 0 saturated heterocycles. The highest BCUT2D eigenvalue weighted by atomic mass is 31.2. The van der Waals surface area contributed by atoms with Gasteiger partial charge in [-0.3, -0.25) is 14.9 Å². The topological polar surface area (TPSA) is 130 Å². The molecule has 0 aliphatic rings. The Kier molecular flexibility index (Phi) is 6.67. The molecule has 0 saturated carbocycles. The Bertz CT molecular complexity index is 1550. The summed E-state index contributed by atoms with van der Waals surface area (Å²) in [5.41, 5.74) is 10.9. The maximum absolute atomic E-state index is 11.6. The lowest BCUT2D eigenvalue weighted by atomic mass is 10.1. The Morgan fingerprint density at radius 3 is 2.69 bits per heavy atom. The molecule has 2 aromatic carbocycles. The summed E-state index contributed by atoms with van der Waals surface area (Å²) >= 11 is 0. The van der Waals surface area contributed by atoms with E-state index in [1.165, 1.54) is 4.57 Å². The summed E-state index contributed by atoms with van der Waals surface area (Å²) in [6.45, 7) is 0.429. The maximum atomic E-state index is 11.6. The molecule has 0 bridgehead atoms. The van der Waals surface area contributed by atoms with E-state index in [-0.39, 0.29) is 6.73 Å².